The minimum atomic E-state index is -3.45. The normalized spacial score (nSPS) is 12.3. The van der Waals surface area contributed by atoms with Gasteiger partial charge in [-0.25, -0.2) is 8.42 Å². The van der Waals surface area contributed by atoms with Crippen LogP contribution >= 0.6 is 0 Å². The largest absolute Gasteiger partial charge is 0.496 e. The molecule has 7 heteroatoms. The third-order valence-electron chi connectivity index (χ3n) is 5.57. The van der Waals surface area contributed by atoms with Crippen molar-refractivity contribution in [2.45, 2.75) is 53.0 Å². The number of nitrogens with zero attached hydrogens (tertiary/aromatic N) is 1. The van der Waals surface area contributed by atoms with Crippen LogP contribution in [0.15, 0.2) is 36.4 Å². The average Bonchev–Trinajstić information content (AvgIpc) is 2.71. The van der Waals surface area contributed by atoms with Gasteiger partial charge in [-0.2, -0.15) is 0 Å². The molecule has 2 aromatic rings. The van der Waals surface area contributed by atoms with Gasteiger partial charge in [0.05, 0.1) is 25.1 Å². The van der Waals surface area contributed by atoms with Gasteiger partial charge in [0.1, 0.15) is 5.75 Å². The predicted molar refractivity (Wildman–Crippen MR) is 126 cm³/mol. The van der Waals surface area contributed by atoms with Crippen LogP contribution in [0.1, 0.15) is 54.5 Å². The van der Waals surface area contributed by atoms with E-state index >= 15 is 0 Å². The highest BCUT2D eigenvalue weighted by Crippen LogP contribution is 2.26. The fourth-order valence-corrected chi connectivity index (χ4v) is 4.68. The molecule has 0 aliphatic heterocycles. The van der Waals surface area contributed by atoms with Gasteiger partial charge in [-0.05, 0) is 68.0 Å². The van der Waals surface area contributed by atoms with Crippen LogP contribution < -0.4 is 14.4 Å². The molecule has 6 nitrogen and oxygen atoms in total. The number of carbonyl (C=O) groups is 1. The molecule has 0 fully saturated rings. The molecule has 0 spiro atoms. The van der Waals surface area contributed by atoms with Gasteiger partial charge in [-0.1, -0.05) is 31.2 Å². The number of anilines is 1. The molecular weight excluding hydrogens is 412 g/mol. The molecule has 170 valence electrons. The van der Waals surface area contributed by atoms with E-state index in [-0.39, 0.29) is 24.9 Å². The lowest BCUT2D eigenvalue weighted by molar-refractivity contribution is -0.121. The average molecular weight is 447 g/mol. The van der Waals surface area contributed by atoms with E-state index in [1.165, 1.54) is 10.6 Å². The molecule has 1 atom stereocenters. The van der Waals surface area contributed by atoms with Gasteiger partial charge < -0.3 is 10.1 Å². The van der Waals surface area contributed by atoms with Gasteiger partial charge >= 0.3 is 0 Å². The fourth-order valence-electron chi connectivity index (χ4n) is 3.66. The quantitative estimate of drug-likeness (QED) is 0.586. The Bertz CT molecular complexity index is 1020. The summed E-state index contributed by atoms with van der Waals surface area (Å²) in [5, 5.41) is 3.07. The Labute approximate surface area is 186 Å². The van der Waals surface area contributed by atoms with Gasteiger partial charge in [-0.3, -0.25) is 9.10 Å². The second kappa shape index (κ2) is 10.7. The van der Waals surface area contributed by atoms with Crippen molar-refractivity contribution in [3.8, 4) is 5.75 Å². The Morgan fingerprint density at radius 2 is 1.84 bits per heavy atom. The molecule has 1 N–H and O–H groups in total. The molecule has 0 aromatic heterocycles. The number of benzene rings is 2. The molecule has 0 bridgehead atoms. The summed E-state index contributed by atoms with van der Waals surface area (Å²) >= 11 is 0. The van der Waals surface area contributed by atoms with E-state index in [1.807, 2.05) is 64.1 Å². The molecule has 0 saturated heterocycles. The number of ether oxygens (including phenoxy) is 1. The van der Waals surface area contributed by atoms with E-state index in [9.17, 15) is 13.2 Å². The van der Waals surface area contributed by atoms with Crippen LogP contribution in [0.4, 0.5) is 5.69 Å². The summed E-state index contributed by atoms with van der Waals surface area (Å²) in [7, 11) is -1.81. The Morgan fingerprint density at radius 1 is 1.13 bits per heavy atom. The van der Waals surface area contributed by atoms with Gasteiger partial charge in [0.25, 0.3) is 0 Å². The number of carbonyl (C=O) groups excluding carboxylic acids is 1. The van der Waals surface area contributed by atoms with E-state index < -0.39 is 10.0 Å². The van der Waals surface area contributed by atoms with Crippen LogP contribution in [-0.2, 0) is 14.8 Å². The lowest BCUT2D eigenvalue weighted by atomic mass is 10.0. The van der Waals surface area contributed by atoms with Crippen molar-refractivity contribution in [1.29, 1.82) is 0 Å². The van der Waals surface area contributed by atoms with E-state index in [0.29, 0.717) is 12.1 Å². The van der Waals surface area contributed by atoms with Gasteiger partial charge in [0.15, 0.2) is 0 Å². The molecule has 0 saturated carbocycles. The number of sulfonamides is 1. The summed E-state index contributed by atoms with van der Waals surface area (Å²) in [6.45, 7) is 8.13. The van der Waals surface area contributed by atoms with Crippen LogP contribution in [-0.4, -0.2) is 34.2 Å². The first-order chi connectivity index (χ1) is 14.6. The summed E-state index contributed by atoms with van der Waals surface area (Å²) in [6, 6.07) is 11.4. The SMILES string of the molecule is CCC(NC(=O)CCCN(c1cccc(C)c1C)S(C)(=O)=O)c1ccc(OC)c(C)c1. The minimum absolute atomic E-state index is 0.0882. The predicted octanol–water partition coefficient (Wildman–Crippen LogP) is 4.43. The molecule has 0 aliphatic rings. The third-order valence-corrected chi connectivity index (χ3v) is 6.75. The van der Waals surface area contributed by atoms with Crippen LogP contribution in [0.3, 0.4) is 0 Å². The molecule has 0 aliphatic carbocycles. The smallest absolute Gasteiger partial charge is 0.232 e. The van der Waals surface area contributed by atoms with Crippen LogP contribution in [0.2, 0.25) is 0 Å². The number of methoxy groups -OCH3 is 1. The number of rotatable bonds is 10. The first-order valence-electron chi connectivity index (χ1n) is 10.6. The van der Waals surface area contributed by atoms with Crippen molar-refractivity contribution in [3.05, 3.63) is 58.7 Å². The maximum absolute atomic E-state index is 12.6. The molecule has 31 heavy (non-hydrogen) atoms. The van der Waals surface area contributed by atoms with Crippen molar-refractivity contribution in [2.75, 3.05) is 24.2 Å². The Balaban J connectivity index is 2.03. The first kappa shape index (κ1) is 24.7. The number of amides is 1. The molecule has 1 amide bonds. The van der Waals surface area contributed by atoms with Gasteiger partial charge in [-0.15, -0.1) is 0 Å². The van der Waals surface area contributed by atoms with Crippen LogP contribution in [0.5, 0.6) is 5.75 Å². The van der Waals surface area contributed by atoms with E-state index in [0.717, 1.165) is 34.4 Å². The highest BCUT2D eigenvalue weighted by molar-refractivity contribution is 7.92. The Morgan fingerprint density at radius 3 is 2.42 bits per heavy atom. The molecule has 2 aromatic carbocycles. The molecule has 1 unspecified atom stereocenters. The van der Waals surface area contributed by atoms with Crippen molar-refractivity contribution in [3.63, 3.8) is 0 Å². The lowest BCUT2D eigenvalue weighted by Crippen LogP contribution is -2.33. The number of aryl methyl sites for hydroxylation is 2. The van der Waals surface area contributed by atoms with E-state index in [1.54, 1.807) is 7.11 Å². The zero-order valence-electron chi connectivity index (χ0n) is 19.4. The standard InChI is InChI=1S/C24H34N2O4S/c1-7-21(20-13-14-23(30-5)18(3)16-20)25-24(27)12-9-15-26(31(6,28)29)22-11-8-10-17(2)19(22)4/h8,10-11,13-14,16,21H,7,9,12,15H2,1-6H3,(H,25,27). The zero-order valence-corrected chi connectivity index (χ0v) is 20.2. The molecule has 0 radical (unpaired) electrons. The fraction of sp³-hybridized carbons (Fsp3) is 0.458. The summed E-state index contributed by atoms with van der Waals surface area (Å²) in [5.74, 6) is 0.729. The summed E-state index contributed by atoms with van der Waals surface area (Å²) in [4.78, 5) is 12.6. The third kappa shape index (κ3) is 6.47. The first-order valence-corrected chi connectivity index (χ1v) is 12.4. The Hall–Kier alpha value is -2.54. The summed E-state index contributed by atoms with van der Waals surface area (Å²) in [6.07, 6.45) is 2.65. The van der Waals surface area contributed by atoms with Crippen molar-refractivity contribution >= 4 is 21.6 Å². The summed E-state index contributed by atoms with van der Waals surface area (Å²) in [5.41, 5.74) is 4.68. The second-order valence-electron chi connectivity index (χ2n) is 7.92. The number of hydrogen-bond donors (Lipinski definition) is 1. The highest BCUT2D eigenvalue weighted by Gasteiger charge is 2.20. The maximum Gasteiger partial charge on any atom is 0.232 e. The van der Waals surface area contributed by atoms with Gasteiger partial charge in [0, 0.05) is 13.0 Å². The zero-order chi connectivity index (χ0) is 23.2. The second-order valence-corrected chi connectivity index (χ2v) is 9.82. The van der Waals surface area contributed by atoms with Gasteiger partial charge in [0.2, 0.25) is 15.9 Å². The van der Waals surface area contributed by atoms with Crippen molar-refractivity contribution in [2.24, 2.45) is 0 Å². The highest BCUT2D eigenvalue weighted by atomic mass is 32.2. The number of hydrogen-bond acceptors (Lipinski definition) is 4. The van der Waals surface area contributed by atoms with Crippen LogP contribution in [0, 0.1) is 20.8 Å². The lowest BCUT2D eigenvalue weighted by Gasteiger charge is -2.25. The van der Waals surface area contributed by atoms with Crippen LogP contribution in [0.25, 0.3) is 0 Å². The topological polar surface area (TPSA) is 75.7 Å². The maximum atomic E-state index is 12.6. The minimum Gasteiger partial charge on any atom is -0.496 e. The molecule has 2 rings (SSSR count). The monoisotopic (exact) mass is 446 g/mol. The number of nitrogens with one attached hydrogen (secondary N) is 1. The van der Waals surface area contributed by atoms with Crippen molar-refractivity contribution < 1.29 is 17.9 Å². The molecule has 0 heterocycles. The van der Waals surface area contributed by atoms with E-state index in [2.05, 4.69) is 5.32 Å². The van der Waals surface area contributed by atoms with Crippen molar-refractivity contribution in [1.82, 2.24) is 5.32 Å². The summed E-state index contributed by atoms with van der Waals surface area (Å²) < 4.78 is 31.5. The van der Waals surface area contributed by atoms with E-state index in [4.69, 9.17) is 4.74 Å². The Kier molecular flexibility index (Phi) is 8.51. The molecular formula is C24H34N2O4S.